The number of carboxylic acid groups (broad SMARTS) is 1. The second-order valence-electron chi connectivity index (χ2n) is 4.02. The van der Waals surface area contributed by atoms with Gasteiger partial charge >= 0.3 is 5.97 Å². The van der Waals surface area contributed by atoms with Crippen LogP contribution in [-0.2, 0) is 19.2 Å². The van der Waals surface area contributed by atoms with Crippen molar-refractivity contribution in [1.82, 2.24) is 15.5 Å². The zero-order chi connectivity index (χ0) is 14.4. The zero-order valence-corrected chi connectivity index (χ0v) is 11.6. The smallest absolute Gasteiger partial charge is 0.322 e. The number of nitrogens with one attached hydrogen (secondary N) is 2. The molecule has 0 aliphatic carbocycles. The van der Waals surface area contributed by atoms with E-state index in [0.29, 0.717) is 13.0 Å². The van der Waals surface area contributed by atoms with Gasteiger partial charge in [0.1, 0.15) is 6.54 Å². The Morgan fingerprint density at radius 2 is 1.89 bits per heavy atom. The Balaban J connectivity index is 2.23. The molecule has 1 aliphatic heterocycles. The predicted molar refractivity (Wildman–Crippen MR) is 67.6 cm³/mol. The van der Waals surface area contributed by atoms with Crippen LogP contribution in [-0.4, -0.2) is 64.7 Å². The molecule has 106 valence electrons. The second kappa shape index (κ2) is 7.07. The third-order valence-corrected chi connectivity index (χ3v) is 3.00. The monoisotopic (exact) mass is 335 g/mol. The maximum Gasteiger partial charge on any atom is 0.322 e. The fourth-order valence-corrected chi connectivity index (χ4v) is 2.15. The van der Waals surface area contributed by atoms with Crippen LogP contribution in [0, 0.1) is 0 Å². The highest BCUT2D eigenvalue weighted by molar-refractivity contribution is 9.09. The van der Waals surface area contributed by atoms with E-state index >= 15 is 0 Å². The van der Waals surface area contributed by atoms with Crippen LogP contribution in [0.3, 0.4) is 0 Å². The number of alkyl halides is 1. The first-order valence-corrected chi connectivity index (χ1v) is 6.47. The molecule has 1 saturated heterocycles. The van der Waals surface area contributed by atoms with Gasteiger partial charge in [-0.15, -0.1) is 0 Å². The molecule has 19 heavy (non-hydrogen) atoms. The van der Waals surface area contributed by atoms with Crippen molar-refractivity contribution in [3.8, 4) is 0 Å². The molecule has 8 nitrogen and oxygen atoms in total. The van der Waals surface area contributed by atoms with Crippen LogP contribution in [0.2, 0.25) is 0 Å². The van der Waals surface area contributed by atoms with E-state index in [-0.39, 0.29) is 23.8 Å². The lowest BCUT2D eigenvalue weighted by molar-refractivity contribution is -0.138. The van der Waals surface area contributed by atoms with E-state index in [1.54, 1.807) is 0 Å². The summed E-state index contributed by atoms with van der Waals surface area (Å²) in [6.45, 7) is -0.457. The van der Waals surface area contributed by atoms with Crippen molar-refractivity contribution in [3.63, 3.8) is 0 Å². The Kier molecular flexibility index (Phi) is 5.74. The number of amides is 3. The molecule has 0 radical (unpaired) electrons. The Hall–Kier alpha value is -1.64. The van der Waals surface area contributed by atoms with E-state index in [0.717, 1.165) is 0 Å². The van der Waals surface area contributed by atoms with E-state index in [2.05, 4.69) is 26.6 Å². The standard InChI is InChI=1S/C10H14BrN3O5/c11-6-1-9(17)14(4-6)5-8(16)12-2-7(15)13-3-10(18)19/h6H,1-5H2,(H,12,16)(H,13,15)(H,18,19). The van der Waals surface area contributed by atoms with Crippen LogP contribution < -0.4 is 10.6 Å². The summed E-state index contributed by atoms with van der Waals surface area (Å²) >= 11 is 3.29. The first-order chi connectivity index (χ1) is 8.88. The van der Waals surface area contributed by atoms with Crippen molar-refractivity contribution in [3.05, 3.63) is 0 Å². The Bertz CT molecular complexity index is 401. The van der Waals surface area contributed by atoms with Gasteiger partial charge in [0.05, 0.1) is 13.1 Å². The van der Waals surface area contributed by atoms with E-state index in [4.69, 9.17) is 5.11 Å². The van der Waals surface area contributed by atoms with Crippen molar-refractivity contribution < 1.29 is 24.3 Å². The minimum absolute atomic E-state index is 0.0478. The Morgan fingerprint density at radius 1 is 1.26 bits per heavy atom. The van der Waals surface area contributed by atoms with Gasteiger partial charge in [-0.25, -0.2) is 0 Å². The van der Waals surface area contributed by atoms with Gasteiger partial charge in [-0.2, -0.15) is 0 Å². The molecule has 1 fully saturated rings. The summed E-state index contributed by atoms with van der Waals surface area (Å²) in [4.78, 5) is 45.6. The lowest BCUT2D eigenvalue weighted by atomic mass is 10.4. The zero-order valence-electron chi connectivity index (χ0n) is 10.0. The molecular weight excluding hydrogens is 322 g/mol. The SMILES string of the molecule is O=C(O)CNC(=O)CNC(=O)CN1CC(Br)CC1=O. The number of aliphatic carboxylic acids is 1. The largest absolute Gasteiger partial charge is 0.480 e. The van der Waals surface area contributed by atoms with Crippen LogP contribution >= 0.6 is 15.9 Å². The van der Waals surface area contributed by atoms with Crippen molar-refractivity contribution in [2.45, 2.75) is 11.2 Å². The molecule has 0 saturated carbocycles. The van der Waals surface area contributed by atoms with Crippen molar-refractivity contribution >= 4 is 39.6 Å². The third kappa shape index (κ3) is 5.69. The first kappa shape index (κ1) is 15.4. The average Bonchev–Trinajstić information content (AvgIpc) is 2.62. The minimum Gasteiger partial charge on any atom is -0.480 e. The molecule has 0 aromatic rings. The van der Waals surface area contributed by atoms with Gasteiger partial charge in [0, 0.05) is 17.8 Å². The summed E-state index contributed by atoms with van der Waals surface area (Å²) in [5, 5.41) is 12.8. The van der Waals surface area contributed by atoms with Crippen molar-refractivity contribution in [2.24, 2.45) is 0 Å². The number of carbonyl (C=O) groups is 4. The molecule has 1 heterocycles. The van der Waals surface area contributed by atoms with E-state index < -0.39 is 24.3 Å². The fraction of sp³-hybridized carbons (Fsp3) is 0.600. The number of rotatable bonds is 6. The number of nitrogens with zero attached hydrogens (tertiary/aromatic N) is 1. The molecule has 1 aliphatic rings. The summed E-state index contributed by atoms with van der Waals surface area (Å²) in [7, 11) is 0. The van der Waals surface area contributed by atoms with Gasteiger partial charge in [-0.3, -0.25) is 19.2 Å². The Labute approximate surface area is 117 Å². The lowest BCUT2D eigenvalue weighted by Crippen LogP contribution is -2.43. The second-order valence-corrected chi connectivity index (χ2v) is 5.32. The number of likely N-dealkylation sites (tertiary alicyclic amines) is 1. The van der Waals surface area contributed by atoms with Gasteiger partial charge in [0.2, 0.25) is 17.7 Å². The summed E-state index contributed by atoms with van der Waals surface area (Å²) in [5.41, 5.74) is 0. The highest BCUT2D eigenvalue weighted by Gasteiger charge is 2.28. The van der Waals surface area contributed by atoms with Crippen molar-refractivity contribution in [2.75, 3.05) is 26.2 Å². The molecule has 3 N–H and O–H groups in total. The topological polar surface area (TPSA) is 116 Å². The van der Waals surface area contributed by atoms with Crippen LogP contribution in [0.4, 0.5) is 0 Å². The summed E-state index contributed by atoms with van der Waals surface area (Å²) in [5.74, 6) is -2.33. The molecule has 0 spiro atoms. The first-order valence-electron chi connectivity index (χ1n) is 5.55. The fourth-order valence-electron chi connectivity index (χ4n) is 1.52. The molecule has 0 aromatic carbocycles. The van der Waals surface area contributed by atoms with Gasteiger partial charge < -0.3 is 20.6 Å². The van der Waals surface area contributed by atoms with Crippen LogP contribution in [0.15, 0.2) is 0 Å². The van der Waals surface area contributed by atoms with Gasteiger partial charge in [0.25, 0.3) is 0 Å². The van der Waals surface area contributed by atoms with Crippen molar-refractivity contribution in [1.29, 1.82) is 0 Å². The van der Waals surface area contributed by atoms with Crippen LogP contribution in [0.5, 0.6) is 0 Å². The minimum atomic E-state index is -1.16. The van der Waals surface area contributed by atoms with Crippen LogP contribution in [0.1, 0.15) is 6.42 Å². The molecule has 1 atom stereocenters. The normalized spacial score (nSPS) is 18.3. The molecule has 1 rings (SSSR count). The maximum absolute atomic E-state index is 11.5. The summed E-state index contributed by atoms with van der Waals surface area (Å²) < 4.78 is 0. The van der Waals surface area contributed by atoms with Crippen LogP contribution in [0.25, 0.3) is 0 Å². The van der Waals surface area contributed by atoms with Gasteiger partial charge in [0.15, 0.2) is 0 Å². The maximum atomic E-state index is 11.5. The number of carbonyl (C=O) groups excluding carboxylic acids is 3. The Morgan fingerprint density at radius 3 is 2.42 bits per heavy atom. The lowest BCUT2D eigenvalue weighted by Gasteiger charge is -2.15. The molecule has 9 heteroatoms. The predicted octanol–water partition coefficient (Wildman–Crippen LogP) is -1.70. The third-order valence-electron chi connectivity index (χ3n) is 2.38. The van der Waals surface area contributed by atoms with E-state index in [9.17, 15) is 19.2 Å². The highest BCUT2D eigenvalue weighted by Crippen LogP contribution is 2.17. The molecule has 0 aromatic heterocycles. The molecular formula is C10H14BrN3O5. The number of hydrogen-bond acceptors (Lipinski definition) is 4. The molecule has 3 amide bonds. The molecule has 1 unspecified atom stereocenters. The highest BCUT2D eigenvalue weighted by atomic mass is 79.9. The van der Waals surface area contributed by atoms with E-state index in [1.807, 2.05) is 0 Å². The van der Waals surface area contributed by atoms with Gasteiger partial charge in [-0.1, -0.05) is 15.9 Å². The summed E-state index contributed by atoms with van der Waals surface area (Å²) in [6.07, 6.45) is 0.354. The van der Waals surface area contributed by atoms with E-state index in [1.165, 1.54) is 4.90 Å². The number of carboxylic acids is 1. The summed E-state index contributed by atoms with van der Waals surface area (Å²) in [6, 6.07) is 0. The number of halogens is 1. The quantitative estimate of drug-likeness (QED) is 0.500. The average molecular weight is 336 g/mol. The van der Waals surface area contributed by atoms with Gasteiger partial charge in [-0.05, 0) is 0 Å². The molecule has 0 bridgehead atoms. The number of hydrogen-bond donors (Lipinski definition) is 3.